The highest BCUT2D eigenvalue weighted by molar-refractivity contribution is 7.92. The molecule has 7 nitrogen and oxygen atoms in total. The van der Waals surface area contributed by atoms with Crippen molar-refractivity contribution in [3.05, 3.63) is 93.4 Å². The van der Waals surface area contributed by atoms with Crippen LogP contribution < -0.4 is 9.62 Å². The zero-order valence-electron chi connectivity index (χ0n) is 20.2. The fraction of sp³-hybridized carbons (Fsp3) is 0.231. The maximum absolute atomic E-state index is 13.7. The molecule has 0 aliphatic heterocycles. The summed E-state index contributed by atoms with van der Waals surface area (Å²) in [5.41, 5.74) is 0.927. The van der Waals surface area contributed by atoms with E-state index in [0.717, 1.165) is 9.87 Å². The van der Waals surface area contributed by atoms with Crippen LogP contribution in [0.1, 0.15) is 19.4 Å². The van der Waals surface area contributed by atoms with Gasteiger partial charge in [0.1, 0.15) is 12.6 Å². The third kappa shape index (κ3) is 7.38. The molecule has 0 heterocycles. The van der Waals surface area contributed by atoms with Crippen LogP contribution >= 0.6 is 34.8 Å². The number of hydrogen-bond donors (Lipinski definition) is 1. The van der Waals surface area contributed by atoms with E-state index in [2.05, 4.69) is 5.32 Å². The van der Waals surface area contributed by atoms with Gasteiger partial charge in [-0.25, -0.2) is 8.42 Å². The fourth-order valence-corrected chi connectivity index (χ4v) is 5.43. The molecule has 196 valence electrons. The van der Waals surface area contributed by atoms with Crippen LogP contribution in [-0.4, -0.2) is 44.3 Å². The average Bonchev–Trinajstić information content (AvgIpc) is 2.86. The standard InChI is InChI=1S/C26H26Cl3N3O4S/c1-3-30-26(34)18(2)31(16-19-7-9-20(27)10-8-19)25(33)17-32(23-6-4-5-22(29)15-23)37(35,36)24-13-11-21(28)12-14-24/h4-15,18H,3,16-17H2,1-2H3,(H,30,34). The summed E-state index contributed by atoms with van der Waals surface area (Å²) in [5.74, 6) is -0.939. The van der Waals surface area contributed by atoms with Gasteiger partial charge in [0.15, 0.2) is 0 Å². The largest absolute Gasteiger partial charge is 0.355 e. The van der Waals surface area contributed by atoms with E-state index in [4.69, 9.17) is 34.8 Å². The van der Waals surface area contributed by atoms with Gasteiger partial charge in [-0.2, -0.15) is 0 Å². The van der Waals surface area contributed by atoms with Crippen molar-refractivity contribution in [1.82, 2.24) is 10.2 Å². The molecule has 11 heteroatoms. The number of anilines is 1. The summed E-state index contributed by atoms with van der Waals surface area (Å²) >= 11 is 18.1. The Bertz CT molecular complexity index is 1350. The minimum absolute atomic E-state index is 0.0503. The number of carbonyl (C=O) groups excluding carboxylic acids is 2. The Labute approximate surface area is 232 Å². The third-order valence-corrected chi connectivity index (χ3v) is 8.09. The highest BCUT2D eigenvalue weighted by Gasteiger charge is 2.32. The smallest absolute Gasteiger partial charge is 0.264 e. The molecular weight excluding hydrogens is 557 g/mol. The topological polar surface area (TPSA) is 86.8 Å². The summed E-state index contributed by atoms with van der Waals surface area (Å²) in [6, 6.07) is 17.8. The van der Waals surface area contributed by atoms with E-state index in [-0.39, 0.29) is 23.0 Å². The second kappa shape index (κ2) is 12.6. The fourth-order valence-electron chi connectivity index (χ4n) is 3.58. The molecule has 0 radical (unpaired) electrons. The van der Waals surface area contributed by atoms with Gasteiger partial charge in [0, 0.05) is 28.2 Å². The van der Waals surface area contributed by atoms with Crippen LogP contribution in [0.15, 0.2) is 77.7 Å². The van der Waals surface area contributed by atoms with Gasteiger partial charge < -0.3 is 10.2 Å². The van der Waals surface area contributed by atoms with Crippen LogP contribution in [0.5, 0.6) is 0 Å². The molecule has 3 aromatic rings. The first-order chi connectivity index (χ1) is 17.5. The summed E-state index contributed by atoms with van der Waals surface area (Å²) in [4.78, 5) is 27.7. The van der Waals surface area contributed by atoms with E-state index in [1.807, 2.05) is 0 Å². The van der Waals surface area contributed by atoms with Crippen molar-refractivity contribution in [3.63, 3.8) is 0 Å². The van der Waals surface area contributed by atoms with Crippen molar-refractivity contribution >= 4 is 62.3 Å². The predicted molar refractivity (Wildman–Crippen MR) is 148 cm³/mol. The van der Waals surface area contributed by atoms with Crippen LogP contribution in [0.4, 0.5) is 5.69 Å². The number of rotatable bonds is 10. The van der Waals surface area contributed by atoms with Crippen molar-refractivity contribution in [2.45, 2.75) is 31.3 Å². The molecule has 1 unspecified atom stereocenters. The number of benzene rings is 3. The Morgan fingerprint density at radius 3 is 2.05 bits per heavy atom. The molecule has 37 heavy (non-hydrogen) atoms. The SMILES string of the molecule is CCNC(=O)C(C)N(Cc1ccc(Cl)cc1)C(=O)CN(c1cccc(Cl)c1)S(=O)(=O)c1ccc(Cl)cc1. The number of carbonyl (C=O) groups is 2. The van der Waals surface area contributed by atoms with E-state index < -0.39 is 28.5 Å². The Kier molecular flexibility index (Phi) is 9.84. The zero-order valence-corrected chi connectivity index (χ0v) is 23.3. The number of amides is 2. The lowest BCUT2D eigenvalue weighted by molar-refractivity contribution is -0.139. The van der Waals surface area contributed by atoms with Crippen LogP contribution in [0, 0.1) is 0 Å². The molecule has 1 N–H and O–H groups in total. The molecule has 0 saturated heterocycles. The second-order valence-corrected chi connectivity index (χ2v) is 11.3. The number of likely N-dealkylation sites (N-methyl/N-ethyl adjacent to an activating group) is 1. The number of hydrogen-bond acceptors (Lipinski definition) is 4. The lowest BCUT2D eigenvalue weighted by Crippen LogP contribution is -2.51. The molecule has 3 rings (SSSR count). The Morgan fingerprint density at radius 1 is 0.892 bits per heavy atom. The molecule has 0 spiro atoms. The minimum atomic E-state index is -4.20. The zero-order chi connectivity index (χ0) is 27.2. The maximum atomic E-state index is 13.7. The first-order valence-electron chi connectivity index (χ1n) is 11.4. The van der Waals surface area contributed by atoms with E-state index in [0.29, 0.717) is 21.6 Å². The Hall–Kier alpha value is -2.78. The van der Waals surface area contributed by atoms with Gasteiger partial charge in [-0.3, -0.25) is 13.9 Å². The summed E-state index contributed by atoms with van der Waals surface area (Å²) in [5, 5.41) is 3.91. The van der Waals surface area contributed by atoms with Crippen molar-refractivity contribution in [2.75, 3.05) is 17.4 Å². The molecule has 1 atom stereocenters. The van der Waals surface area contributed by atoms with Crippen LogP contribution in [0.25, 0.3) is 0 Å². The van der Waals surface area contributed by atoms with Gasteiger partial charge in [0.05, 0.1) is 10.6 Å². The minimum Gasteiger partial charge on any atom is -0.355 e. The van der Waals surface area contributed by atoms with Gasteiger partial charge in [0.2, 0.25) is 11.8 Å². The van der Waals surface area contributed by atoms with E-state index in [1.54, 1.807) is 56.3 Å². The molecule has 2 amide bonds. The molecule has 0 fully saturated rings. The Morgan fingerprint density at radius 2 is 1.49 bits per heavy atom. The number of sulfonamides is 1. The van der Waals surface area contributed by atoms with Crippen molar-refractivity contribution in [1.29, 1.82) is 0 Å². The van der Waals surface area contributed by atoms with E-state index in [1.165, 1.54) is 35.2 Å². The van der Waals surface area contributed by atoms with Crippen LogP contribution in [0.3, 0.4) is 0 Å². The Balaban J connectivity index is 2.02. The molecule has 0 bridgehead atoms. The third-order valence-electron chi connectivity index (χ3n) is 5.56. The van der Waals surface area contributed by atoms with Crippen molar-refractivity contribution < 1.29 is 18.0 Å². The molecule has 0 saturated carbocycles. The normalized spacial score (nSPS) is 12.0. The quantitative estimate of drug-likeness (QED) is 0.347. The first kappa shape index (κ1) is 28.8. The van der Waals surface area contributed by atoms with E-state index >= 15 is 0 Å². The highest BCUT2D eigenvalue weighted by Crippen LogP contribution is 2.27. The number of nitrogens with zero attached hydrogens (tertiary/aromatic N) is 2. The number of halogens is 3. The first-order valence-corrected chi connectivity index (χ1v) is 14.0. The van der Waals surface area contributed by atoms with Crippen molar-refractivity contribution in [3.8, 4) is 0 Å². The lowest BCUT2D eigenvalue weighted by atomic mass is 10.1. The van der Waals surface area contributed by atoms with E-state index in [9.17, 15) is 18.0 Å². The van der Waals surface area contributed by atoms with Crippen molar-refractivity contribution in [2.24, 2.45) is 0 Å². The maximum Gasteiger partial charge on any atom is 0.264 e. The van der Waals surface area contributed by atoms with Crippen LogP contribution in [-0.2, 0) is 26.2 Å². The summed E-state index contributed by atoms with van der Waals surface area (Å²) in [6.45, 7) is 3.25. The second-order valence-electron chi connectivity index (χ2n) is 8.16. The average molecular weight is 583 g/mol. The van der Waals surface area contributed by atoms with Gasteiger partial charge in [-0.1, -0.05) is 53.0 Å². The lowest BCUT2D eigenvalue weighted by Gasteiger charge is -2.32. The molecule has 0 aromatic heterocycles. The molecule has 0 aliphatic carbocycles. The van der Waals surface area contributed by atoms with Gasteiger partial charge in [0.25, 0.3) is 10.0 Å². The molecular formula is C26H26Cl3N3O4S. The molecule has 3 aromatic carbocycles. The summed E-state index contributed by atoms with van der Waals surface area (Å²) in [6.07, 6.45) is 0. The summed E-state index contributed by atoms with van der Waals surface area (Å²) in [7, 11) is -4.20. The number of nitrogens with one attached hydrogen (secondary N) is 1. The summed E-state index contributed by atoms with van der Waals surface area (Å²) < 4.78 is 28.4. The predicted octanol–water partition coefficient (Wildman–Crippen LogP) is 5.40. The highest BCUT2D eigenvalue weighted by atomic mass is 35.5. The van der Waals surface area contributed by atoms with Crippen LogP contribution in [0.2, 0.25) is 15.1 Å². The van der Waals surface area contributed by atoms with Gasteiger partial charge in [-0.05, 0) is 74.0 Å². The van der Waals surface area contributed by atoms with Gasteiger partial charge in [-0.15, -0.1) is 0 Å². The molecule has 0 aliphatic rings. The monoisotopic (exact) mass is 581 g/mol. The van der Waals surface area contributed by atoms with Gasteiger partial charge >= 0.3 is 0 Å².